The fourth-order valence-electron chi connectivity index (χ4n) is 2.87. The van der Waals surface area contributed by atoms with Gasteiger partial charge in [-0.1, -0.05) is 35.9 Å². The van der Waals surface area contributed by atoms with Gasteiger partial charge in [-0.2, -0.15) is 0 Å². The third kappa shape index (κ3) is 4.65. The minimum absolute atomic E-state index is 0.0906. The number of benzene rings is 3. The van der Waals surface area contributed by atoms with Crippen molar-refractivity contribution >= 4 is 35.5 Å². The molecule has 154 valence electrons. The van der Waals surface area contributed by atoms with E-state index in [1.54, 1.807) is 79.9 Å². The Morgan fingerprint density at radius 1 is 1.03 bits per heavy atom. The molecule has 31 heavy (non-hydrogen) atoms. The molecule has 0 spiro atoms. The van der Waals surface area contributed by atoms with E-state index in [4.69, 9.17) is 25.8 Å². The molecule has 6 nitrogen and oxygen atoms in total. The number of carbonyl (C=O) groups excluding carboxylic acids is 2. The SMILES string of the molecule is COc1cccc(C2=NC(=Cc3ccccc3OC(=O)c3ccc(Cl)cc3)C(=O)O2)c1. The van der Waals surface area contributed by atoms with E-state index in [2.05, 4.69) is 4.99 Å². The van der Waals surface area contributed by atoms with Crippen molar-refractivity contribution in [2.75, 3.05) is 7.11 Å². The van der Waals surface area contributed by atoms with Crippen LogP contribution in [0, 0.1) is 0 Å². The first-order valence-electron chi connectivity index (χ1n) is 9.27. The number of carbonyl (C=O) groups is 2. The molecule has 0 saturated carbocycles. The minimum Gasteiger partial charge on any atom is -0.497 e. The smallest absolute Gasteiger partial charge is 0.363 e. The molecule has 0 aliphatic carbocycles. The Bertz CT molecular complexity index is 1210. The van der Waals surface area contributed by atoms with Crippen LogP contribution in [0.25, 0.3) is 6.08 Å². The molecule has 0 saturated heterocycles. The number of ether oxygens (including phenoxy) is 3. The summed E-state index contributed by atoms with van der Waals surface area (Å²) in [7, 11) is 1.55. The number of esters is 2. The summed E-state index contributed by atoms with van der Waals surface area (Å²) in [4.78, 5) is 29.1. The van der Waals surface area contributed by atoms with Crippen LogP contribution >= 0.6 is 11.6 Å². The molecule has 1 heterocycles. The van der Waals surface area contributed by atoms with Crippen molar-refractivity contribution in [3.05, 3.63) is 100 Å². The lowest BCUT2D eigenvalue weighted by Crippen LogP contribution is -2.09. The van der Waals surface area contributed by atoms with E-state index in [0.29, 0.717) is 27.5 Å². The maximum Gasteiger partial charge on any atom is 0.363 e. The second kappa shape index (κ2) is 8.85. The van der Waals surface area contributed by atoms with Crippen LogP contribution in [0.1, 0.15) is 21.5 Å². The van der Waals surface area contributed by atoms with Gasteiger partial charge in [0.1, 0.15) is 11.5 Å². The van der Waals surface area contributed by atoms with Gasteiger partial charge in [0.15, 0.2) is 5.70 Å². The van der Waals surface area contributed by atoms with Gasteiger partial charge in [0.2, 0.25) is 5.90 Å². The van der Waals surface area contributed by atoms with Gasteiger partial charge in [-0.15, -0.1) is 0 Å². The van der Waals surface area contributed by atoms with Crippen LogP contribution in [0.4, 0.5) is 0 Å². The number of hydrogen-bond acceptors (Lipinski definition) is 6. The van der Waals surface area contributed by atoms with E-state index >= 15 is 0 Å². The van der Waals surface area contributed by atoms with Crippen LogP contribution in [0.2, 0.25) is 5.02 Å². The fraction of sp³-hybridized carbons (Fsp3) is 0.0417. The van der Waals surface area contributed by atoms with Crippen molar-refractivity contribution in [3.63, 3.8) is 0 Å². The highest BCUT2D eigenvalue weighted by Gasteiger charge is 2.25. The Morgan fingerprint density at radius 2 is 1.81 bits per heavy atom. The number of aliphatic imine (C=N–C) groups is 1. The lowest BCUT2D eigenvalue weighted by Gasteiger charge is -2.07. The highest BCUT2D eigenvalue weighted by molar-refractivity contribution is 6.30. The molecule has 1 aliphatic rings. The summed E-state index contributed by atoms with van der Waals surface area (Å²) in [5.74, 6) is -0.0690. The zero-order valence-corrected chi connectivity index (χ0v) is 17.1. The molecule has 3 aromatic rings. The summed E-state index contributed by atoms with van der Waals surface area (Å²) in [6.07, 6.45) is 1.51. The topological polar surface area (TPSA) is 74.2 Å². The second-order valence-electron chi connectivity index (χ2n) is 6.50. The van der Waals surface area contributed by atoms with Gasteiger partial charge >= 0.3 is 11.9 Å². The number of methoxy groups -OCH3 is 1. The number of nitrogens with zero attached hydrogens (tertiary/aromatic N) is 1. The van der Waals surface area contributed by atoms with Crippen LogP contribution in [0.5, 0.6) is 11.5 Å². The first-order valence-corrected chi connectivity index (χ1v) is 9.65. The van der Waals surface area contributed by atoms with E-state index in [1.807, 2.05) is 0 Å². The van der Waals surface area contributed by atoms with Gasteiger partial charge in [0, 0.05) is 16.1 Å². The Balaban J connectivity index is 1.61. The summed E-state index contributed by atoms with van der Waals surface area (Å²) in [6, 6.07) is 20.2. The molecule has 1 aliphatic heterocycles. The quantitative estimate of drug-likeness (QED) is 0.324. The fourth-order valence-corrected chi connectivity index (χ4v) is 3.00. The lowest BCUT2D eigenvalue weighted by atomic mass is 10.1. The van der Waals surface area contributed by atoms with Crippen LogP contribution in [0.15, 0.2) is 83.5 Å². The van der Waals surface area contributed by atoms with Gasteiger partial charge in [-0.25, -0.2) is 14.6 Å². The third-order valence-corrected chi connectivity index (χ3v) is 4.68. The molecular formula is C24H16ClNO5. The van der Waals surface area contributed by atoms with Gasteiger partial charge < -0.3 is 14.2 Å². The normalized spacial score (nSPS) is 14.2. The van der Waals surface area contributed by atoms with E-state index in [0.717, 1.165) is 0 Å². The molecule has 0 unspecified atom stereocenters. The maximum absolute atomic E-state index is 12.5. The lowest BCUT2D eigenvalue weighted by molar-refractivity contribution is -0.129. The van der Waals surface area contributed by atoms with Crippen LogP contribution in [0.3, 0.4) is 0 Å². The van der Waals surface area contributed by atoms with Gasteiger partial charge in [-0.05, 0) is 54.6 Å². The molecule has 0 N–H and O–H groups in total. The predicted octanol–water partition coefficient (Wildman–Crippen LogP) is 4.91. The average Bonchev–Trinajstić information content (AvgIpc) is 3.16. The molecule has 0 amide bonds. The zero-order valence-electron chi connectivity index (χ0n) is 16.4. The molecule has 7 heteroatoms. The van der Waals surface area contributed by atoms with Crippen LogP contribution in [-0.4, -0.2) is 24.9 Å². The molecule has 0 bridgehead atoms. The van der Waals surface area contributed by atoms with Crippen molar-refractivity contribution in [3.8, 4) is 11.5 Å². The van der Waals surface area contributed by atoms with Gasteiger partial charge in [0.25, 0.3) is 0 Å². The average molecular weight is 434 g/mol. The number of para-hydroxylation sites is 1. The van der Waals surface area contributed by atoms with Crippen LogP contribution < -0.4 is 9.47 Å². The Kier molecular flexibility index (Phi) is 5.82. The standard InChI is InChI=1S/C24H16ClNO5/c1-29-19-7-4-6-17(13-19)22-26-20(24(28)31-22)14-16-5-2-3-8-21(16)30-23(27)15-9-11-18(25)12-10-15/h2-14H,1H3. The van der Waals surface area contributed by atoms with E-state index in [9.17, 15) is 9.59 Å². The zero-order chi connectivity index (χ0) is 21.8. The molecule has 0 fully saturated rings. The molecule has 0 radical (unpaired) electrons. The van der Waals surface area contributed by atoms with E-state index in [-0.39, 0.29) is 17.3 Å². The van der Waals surface area contributed by atoms with E-state index < -0.39 is 11.9 Å². The minimum atomic E-state index is -0.600. The third-order valence-electron chi connectivity index (χ3n) is 4.43. The first-order chi connectivity index (χ1) is 15.0. The van der Waals surface area contributed by atoms with Gasteiger partial charge in [-0.3, -0.25) is 0 Å². The Hall–Kier alpha value is -3.90. The number of rotatable bonds is 5. The highest BCUT2D eigenvalue weighted by atomic mass is 35.5. The Morgan fingerprint density at radius 3 is 2.58 bits per heavy atom. The molecule has 0 aromatic heterocycles. The number of hydrogen-bond donors (Lipinski definition) is 0. The summed E-state index contributed by atoms with van der Waals surface area (Å²) >= 11 is 5.86. The highest BCUT2D eigenvalue weighted by Crippen LogP contribution is 2.26. The second-order valence-corrected chi connectivity index (χ2v) is 6.94. The largest absolute Gasteiger partial charge is 0.497 e. The molecule has 4 rings (SSSR count). The monoisotopic (exact) mass is 433 g/mol. The molecule has 3 aromatic carbocycles. The number of cyclic esters (lactones) is 1. The van der Waals surface area contributed by atoms with Gasteiger partial charge in [0.05, 0.1) is 12.7 Å². The van der Waals surface area contributed by atoms with Crippen LogP contribution in [-0.2, 0) is 9.53 Å². The van der Waals surface area contributed by atoms with Crippen molar-refractivity contribution in [2.45, 2.75) is 0 Å². The summed E-state index contributed by atoms with van der Waals surface area (Å²) in [5, 5.41) is 0.520. The number of halogens is 1. The van der Waals surface area contributed by atoms with E-state index in [1.165, 1.54) is 6.08 Å². The Labute approximate surface area is 183 Å². The summed E-state index contributed by atoms with van der Waals surface area (Å²) < 4.78 is 16.0. The first kappa shape index (κ1) is 20.4. The summed E-state index contributed by atoms with van der Waals surface area (Å²) in [5.41, 5.74) is 1.56. The van der Waals surface area contributed by atoms with Crippen molar-refractivity contribution < 1.29 is 23.8 Å². The predicted molar refractivity (Wildman–Crippen MR) is 116 cm³/mol. The van der Waals surface area contributed by atoms with Crippen molar-refractivity contribution in [2.24, 2.45) is 4.99 Å². The van der Waals surface area contributed by atoms with Crippen molar-refractivity contribution in [1.29, 1.82) is 0 Å². The van der Waals surface area contributed by atoms with Crippen molar-refractivity contribution in [1.82, 2.24) is 0 Å². The summed E-state index contributed by atoms with van der Waals surface area (Å²) in [6.45, 7) is 0. The molecule has 0 atom stereocenters. The molecular weight excluding hydrogens is 418 g/mol. The maximum atomic E-state index is 12.5.